The normalized spacial score (nSPS) is 11.4. The molecule has 21 heavy (non-hydrogen) atoms. The number of rotatable bonds is 4. The first-order valence-corrected chi connectivity index (χ1v) is 7.91. The summed E-state index contributed by atoms with van der Waals surface area (Å²) in [6.45, 7) is 0.198. The molecular formula is C14H14ClFN2O2S. The van der Waals surface area contributed by atoms with E-state index in [1.54, 1.807) is 6.07 Å². The van der Waals surface area contributed by atoms with Crippen molar-refractivity contribution in [2.24, 2.45) is 5.73 Å². The minimum atomic E-state index is -3.89. The Bertz CT molecular complexity index is 765. The molecule has 0 unspecified atom stereocenters. The Morgan fingerprint density at radius 2 is 1.95 bits per heavy atom. The van der Waals surface area contributed by atoms with Crippen molar-refractivity contribution in [2.75, 3.05) is 11.4 Å². The van der Waals surface area contributed by atoms with Gasteiger partial charge in [0.2, 0.25) is 0 Å². The topological polar surface area (TPSA) is 63.4 Å². The number of nitrogens with two attached hydrogens (primary N) is 1. The number of benzene rings is 2. The van der Waals surface area contributed by atoms with Crippen molar-refractivity contribution in [3.63, 3.8) is 0 Å². The van der Waals surface area contributed by atoms with Gasteiger partial charge in [0.05, 0.1) is 10.7 Å². The maximum atomic E-state index is 13.3. The Hall–Kier alpha value is -1.63. The van der Waals surface area contributed by atoms with E-state index in [1.165, 1.54) is 37.4 Å². The molecule has 0 aliphatic carbocycles. The molecule has 0 bridgehead atoms. The van der Waals surface area contributed by atoms with Gasteiger partial charge >= 0.3 is 0 Å². The smallest absolute Gasteiger partial charge is 0.265 e. The fourth-order valence-electron chi connectivity index (χ4n) is 1.83. The zero-order valence-corrected chi connectivity index (χ0v) is 12.8. The van der Waals surface area contributed by atoms with Crippen molar-refractivity contribution < 1.29 is 12.8 Å². The molecule has 0 aliphatic rings. The molecule has 0 aromatic heterocycles. The Kier molecular flexibility index (Phi) is 4.51. The maximum Gasteiger partial charge on any atom is 0.265 e. The van der Waals surface area contributed by atoms with Gasteiger partial charge in [-0.3, -0.25) is 4.31 Å². The van der Waals surface area contributed by atoms with Crippen LogP contribution in [0.15, 0.2) is 47.4 Å². The van der Waals surface area contributed by atoms with Gasteiger partial charge in [0.25, 0.3) is 10.0 Å². The number of anilines is 1. The number of sulfonamides is 1. The van der Waals surface area contributed by atoms with Crippen LogP contribution in [0, 0.1) is 5.82 Å². The maximum absolute atomic E-state index is 13.3. The minimum absolute atomic E-state index is 0.0566. The van der Waals surface area contributed by atoms with Crippen LogP contribution in [-0.4, -0.2) is 15.5 Å². The molecule has 0 saturated heterocycles. The van der Waals surface area contributed by atoms with Crippen LogP contribution in [0.5, 0.6) is 0 Å². The van der Waals surface area contributed by atoms with Gasteiger partial charge in [-0.05, 0) is 35.9 Å². The molecule has 0 heterocycles. The molecule has 0 amide bonds. The molecule has 0 aliphatic heterocycles. The van der Waals surface area contributed by atoms with Crippen LogP contribution in [0.1, 0.15) is 5.56 Å². The lowest BCUT2D eigenvalue weighted by atomic mass is 10.2. The molecule has 7 heteroatoms. The number of hydrogen-bond acceptors (Lipinski definition) is 3. The monoisotopic (exact) mass is 328 g/mol. The molecule has 112 valence electrons. The summed E-state index contributed by atoms with van der Waals surface area (Å²) < 4.78 is 39.5. The van der Waals surface area contributed by atoms with E-state index < -0.39 is 15.8 Å². The van der Waals surface area contributed by atoms with E-state index in [1.807, 2.05) is 0 Å². The van der Waals surface area contributed by atoms with E-state index in [2.05, 4.69) is 0 Å². The lowest BCUT2D eigenvalue weighted by Gasteiger charge is -2.20. The summed E-state index contributed by atoms with van der Waals surface area (Å²) in [7, 11) is -2.55. The highest BCUT2D eigenvalue weighted by molar-refractivity contribution is 7.93. The number of halogens is 2. The second kappa shape index (κ2) is 6.01. The minimum Gasteiger partial charge on any atom is -0.326 e. The first kappa shape index (κ1) is 15.8. The standard InChI is InChI=1S/C14H14ClFN2O2S/c1-18(12-4-2-3-11(16)8-12)21(19,20)14-7-10(9-17)5-6-13(14)15/h2-8H,9,17H2,1H3. The third kappa shape index (κ3) is 3.18. The largest absolute Gasteiger partial charge is 0.326 e. The molecule has 4 nitrogen and oxygen atoms in total. The van der Waals surface area contributed by atoms with Crippen LogP contribution in [0.3, 0.4) is 0 Å². The lowest BCUT2D eigenvalue weighted by Crippen LogP contribution is -2.27. The highest BCUT2D eigenvalue weighted by atomic mass is 35.5. The summed E-state index contributed by atoms with van der Waals surface area (Å²) in [6.07, 6.45) is 0. The van der Waals surface area contributed by atoms with Gasteiger partial charge in [0.1, 0.15) is 10.7 Å². The third-order valence-electron chi connectivity index (χ3n) is 3.04. The molecule has 0 fully saturated rings. The zero-order valence-electron chi connectivity index (χ0n) is 11.3. The number of nitrogens with zero attached hydrogens (tertiary/aromatic N) is 1. The van der Waals surface area contributed by atoms with Crippen molar-refractivity contribution in [3.8, 4) is 0 Å². The Labute approximate surface area is 128 Å². The van der Waals surface area contributed by atoms with E-state index in [9.17, 15) is 12.8 Å². The first-order valence-electron chi connectivity index (χ1n) is 6.09. The van der Waals surface area contributed by atoms with Gasteiger partial charge in [0, 0.05) is 13.6 Å². The van der Waals surface area contributed by atoms with Gasteiger partial charge in [-0.2, -0.15) is 0 Å². The molecule has 2 rings (SSSR count). The highest BCUT2D eigenvalue weighted by Crippen LogP contribution is 2.28. The quantitative estimate of drug-likeness (QED) is 0.938. The summed E-state index contributed by atoms with van der Waals surface area (Å²) in [5, 5.41) is 0.0930. The van der Waals surface area contributed by atoms with Gasteiger partial charge < -0.3 is 5.73 Å². The van der Waals surface area contributed by atoms with Gasteiger partial charge in [0.15, 0.2) is 0 Å². The molecule has 2 aromatic rings. The van der Waals surface area contributed by atoms with Crippen LogP contribution >= 0.6 is 11.6 Å². The van der Waals surface area contributed by atoms with Gasteiger partial charge in [-0.15, -0.1) is 0 Å². The molecule has 0 atom stereocenters. The van der Waals surface area contributed by atoms with Crippen LogP contribution in [0.2, 0.25) is 5.02 Å². The van der Waals surface area contributed by atoms with Gasteiger partial charge in [-0.1, -0.05) is 23.7 Å². The third-order valence-corrected chi connectivity index (χ3v) is 5.31. The molecule has 2 N–H and O–H groups in total. The molecule has 0 radical (unpaired) electrons. The van der Waals surface area contributed by atoms with Crippen molar-refractivity contribution >= 4 is 27.3 Å². The van der Waals surface area contributed by atoms with E-state index in [0.717, 1.165) is 10.4 Å². The predicted molar refractivity (Wildman–Crippen MR) is 81.3 cm³/mol. The first-order chi connectivity index (χ1) is 9.86. The summed E-state index contributed by atoms with van der Waals surface area (Å²) in [6, 6.07) is 9.88. The average molecular weight is 329 g/mol. The van der Waals surface area contributed by atoms with Crippen molar-refractivity contribution in [1.82, 2.24) is 0 Å². The van der Waals surface area contributed by atoms with E-state index in [-0.39, 0.29) is 22.2 Å². The van der Waals surface area contributed by atoms with Gasteiger partial charge in [-0.25, -0.2) is 12.8 Å². The summed E-state index contributed by atoms with van der Waals surface area (Å²) in [5.41, 5.74) is 6.37. The molecule has 0 saturated carbocycles. The van der Waals surface area contributed by atoms with Crippen LogP contribution in [0.4, 0.5) is 10.1 Å². The van der Waals surface area contributed by atoms with Crippen molar-refractivity contribution in [3.05, 3.63) is 58.9 Å². The Morgan fingerprint density at radius 1 is 1.24 bits per heavy atom. The summed E-state index contributed by atoms with van der Waals surface area (Å²) in [4.78, 5) is -0.0566. The van der Waals surface area contributed by atoms with E-state index in [0.29, 0.717) is 5.56 Å². The fourth-order valence-corrected chi connectivity index (χ4v) is 3.54. The number of hydrogen-bond donors (Lipinski definition) is 1. The lowest BCUT2D eigenvalue weighted by molar-refractivity contribution is 0.594. The van der Waals surface area contributed by atoms with Crippen molar-refractivity contribution in [2.45, 2.75) is 11.4 Å². The second-order valence-electron chi connectivity index (χ2n) is 4.42. The molecule has 0 spiro atoms. The van der Waals surface area contributed by atoms with Crippen LogP contribution < -0.4 is 10.0 Å². The predicted octanol–water partition coefficient (Wildman–Crippen LogP) is 2.76. The van der Waals surface area contributed by atoms with Crippen LogP contribution in [-0.2, 0) is 16.6 Å². The van der Waals surface area contributed by atoms with E-state index in [4.69, 9.17) is 17.3 Å². The molecule has 2 aromatic carbocycles. The molecular weight excluding hydrogens is 315 g/mol. The van der Waals surface area contributed by atoms with E-state index >= 15 is 0 Å². The zero-order chi connectivity index (χ0) is 15.6. The Balaban J connectivity index is 2.51. The van der Waals surface area contributed by atoms with Crippen LogP contribution in [0.25, 0.3) is 0 Å². The SMILES string of the molecule is CN(c1cccc(F)c1)S(=O)(=O)c1cc(CN)ccc1Cl. The average Bonchev–Trinajstić information content (AvgIpc) is 2.46. The second-order valence-corrected chi connectivity index (χ2v) is 6.77. The fraction of sp³-hybridized carbons (Fsp3) is 0.143. The highest BCUT2D eigenvalue weighted by Gasteiger charge is 2.24. The van der Waals surface area contributed by atoms with Crippen molar-refractivity contribution in [1.29, 1.82) is 0 Å². The summed E-state index contributed by atoms with van der Waals surface area (Å²) in [5.74, 6) is -0.517. The Morgan fingerprint density at radius 3 is 2.57 bits per heavy atom. The summed E-state index contributed by atoms with van der Waals surface area (Å²) >= 11 is 5.98.